The van der Waals surface area contributed by atoms with E-state index in [1.165, 1.54) is 101 Å². The number of benzene rings is 1. The van der Waals surface area contributed by atoms with Crippen LogP contribution in [0, 0.1) is 41.4 Å². The Morgan fingerprint density at radius 1 is 0.792 bits per heavy atom. The summed E-state index contributed by atoms with van der Waals surface area (Å²) in [4.78, 5) is 0. The summed E-state index contributed by atoms with van der Waals surface area (Å²) in [5, 5.41) is 10.7. The molecule has 0 spiro atoms. The molecule has 254 valence electrons. The Hall–Kier alpha value is -2.68. The van der Waals surface area contributed by atoms with Crippen molar-refractivity contribution in [3.8, 4) is 0 Å². The molecule has 0 amide bonds. The van der Waals surface area contributed by atoms with Crippen molar-refractivity contribution < 1.29 is 0 Å². The molecule has 1 saturated heterocycles. The molecule has 48 heavy (non-hydrogen) atoms. The van der Waals surface area contributed by atoms with Gasteiger partial charge in [-0.15, -0.1) is 0 Å². The standard InChI is InChI=1S/C46H60N2/c1-32(19-20-36(37-27-28-47-30-37)31-48-38-22-21-33-11-5-6-14-35(33)29-38)39-23-25-45(43-17-9-7-15-41(39)43)46-26-24-40(34-12-3-2-4-13-34)42-16-8-10-18-44(42)46/h6-7,9,12,14-15,17,19-22,24,26,33,35,37-38,40,42,44,46-48H,2-5,8,10-11,13,16,18,23,25,27-31H2,1H3/b32-19+,36-20+/t33?,35?,37?,38?,40?,42-,44?,46?/m1/s1. The van der Waals surface area contributed by atoms with Gasteiger partial charge in [-0.25, -0.2) is 0 Å². The fraction of sp³-hybridized carbons (Fsp3) is 0.565. The van der Waals surface area contributed by atoms with Gasteiger partial charge in [0.25, 0.3) is 0 Å². The second-order valence-electron chi connectivity index (χ2n) is 16.3. The van der Waals surface area contributed by atoms with Crippen molar-refractivity contribution in [3.05, 3.63) is 106 Å². The first-order chi connectivity index (χ1) is 23.7. The summed E-state index contributed by atoms with van der Waals surface area (Å²) in [5.41, 5.74) is 8.11. The van der Waals surface area contributed by atoms with Crippen molar-refractivity contribution in [2.45, 2.75) is 103 Å². The average Bonchev–Trinajstić information content (AvgIpc) is 3.69. The van der Waals surface area contributed by atoms with Crippen LogP contribution in [-0.4, -0.2) is 25.7 Å². The van der Waals surface area contributed by atoms with E-state index in [0.717, 1.165) is 43.3 Å². The largest absolute Gasteiger partial charge is 0.316 e. The summed E-state index contributed by atoms with van der Waals surface area (Å²) < 4.78 is 0. The molecule has 0 bridgehead atoms. The highest BCUT2D eigenvalue weighted by atomic mass is 14.9. The Labute approximate surface area is 291 Å². The minimum absolute atomic E-state index is 0.484. The van der Waals surface area contributed by atoms with Gasteiger partial charge in [0.2, 0.25) is 0 Å². The van der Waals surface area contributed by atoms with Crippen LogP contribution in [0.25, 0.3) is 11.1 Å². The third-order valence-corrected chi connectivity index (χ3v) is 13.6. The summed E-state index contributed by atoms with van der Waals surface area (Å²) in [5.74, 6) is 5.09. The first-order valence-corrected chi connectivity index (χ1v) is 20.1. The van der Waals surface area contributed by atoms with Gasteiger partial charge in [0, 0.05) is 31.0 Å². The van der Waals surface area contributed by atoms with E-state index in [9.17, 15) is 0 Å². The van der Waals surface area contributed by atoms with Crippen LogP contribution < -0.4 is 21.1 Å². The molecular weight excluding hydrogens is 581 g/mol. The van der Waals surface area contributed by atoms with E-state index >= 15 is 0 Å². The van der Waals surface area contributed by atoms with E-state index in [2.05, 4.69) is 96.5 Å². The molecule has 1 aromatic carbocycles. The summed E-state index contributed by atoms with van der Waals surface area (Å²) in [6.45, 7) is 5.62. The van der Waals surface area contributed by atoms with Crippen LogP contribution in [0.2, 0.25) is 0 Å². The zero-order chi connectivity index (χ0) is 32.3. The summed E-state index contributed by atoms with van der Waals surface area (Å²) >= 11 is 0. The van der Waals surface area contributed by atoms with Crippen LogP contribution in [0.3, 0.4) is 0 Å². The Kier molecular flexibility index (Phi) is 10.2. The lowest BCUT2D eigenvalue weighted by molar-refractivity contribution is 0.163. The van der Waals surface area contributed by atoms with Crippen molar-refractivity contribution in [1.82, 2.24) is 10.6 Å². The second kappa shape index (κ2) is 15.1. The van der Waals surface area contributed by atoms with E-state index in [4.69, 9.17) is 0 Å². The maximum Gasteiger partial charge on any atom is 0.0259 e. The number of nitrogens with one attached hydrogen (secondary N) is 2. The zero-order valence-corrected chi connectivity index (χ0v) is 29.6. The van der Waals surface area contributed by atoms with Crippen molar-refractivity contribution >= 4 is 11.1 Å². The normalized spacial score (nSPS) is 35.2. The Balaban J connectivity index is 1.07. The molecule has 2 fully saturated rings. The van der Waals surface area contributed by atoms with Gasteiger partial charge >= 0.3 is 0 Å². The lowest BCUT2D eigenvalue weighted by atomic mass is 9.59. The molecule has 2 N–H and O–H groups in total. The maximum atomic E-state index is 3.97. The van der Waals surface area contributed by atoms with Gasteiger partial charge in [-0.3, -0.25) is 0 Å². The van der Waals surface area contributed by atoms with Crippen LogP contribution in [0.15, 0.2) is 95.7 Å². The van der Waals surface area contributed by atoms with E-state index in [1.807, 2.05) is 0 Å². The number of hydrogen-bond acceptors (Lipinski definition) is 2. The zero-order valence-electron chi connectivity index (χ0n) is 29.6. The minimum atomic E-state index is 0.484. The molecule has 8 rings (SSSR count). The van der Waals surface area contributed by atoms with Crippen molar-refractivity contribution in [2.24, 2.45) is 41.4 Å². The van der Waals surface area contributed by atoms with E-state index in [1.54, 1.807) is 27.5 Å². The number of fused-ring (bicyclic) bond motifs is 3. The summed E-state index contributed by atoms with van der Waals surface area (Å²) in [6, 6.07) is 9.94. The molecule has 2 nitrogen and oxygen atoms in total. The fourth-order valence-corrected chi connectivity index (χ4v) is 11.0. The van der Waals surface area contributed by atoms with Crippen molar-refractivity contribution in [3.63, 3.8) is 0 Å². The molecule has 0 radical (unpaired) electrons. The SMILES string of the molecule is C/C(=C\C=C(/CNC1C=CC2CCC=CC2C1)C1CCNC1)C1=c2ccccc2=C(C2C=CC(C3=CCCCC3)[C@H]3CCCCC23)CC1. The van der Waals surface area contributed by atoms with E-state index in [0.29, 0.717) is 23.8 Å². The predicted octanol–water partition coefficient (Wildman–Crippen LogP) is 8.87. The first kappa shape index (κ1) is 32.5. The lowest BCUT2D eigenvalue weighted by Gasteiger charge is -2.45. The van der Waals surface area contributed by atoms with Gasteiger partial charge < -0.3 is 10.6 Å². The molecule has 2 heteroatoms. The first-order valence-electron chi connectivity index (χ1n) is 20.1. The molecule has 7 unspecified atom stereocenters. The molecule has 7 aliphatic rings. The topological polar surface area (TPSA) is 24.1 Å². The van der Waals surface area contributed by atoms with Gasteiger partial charge in [0.05, 0.1) is 0 Å². The van der Waals surface area contributed by atoms with Crippen LogP contribution >= 0.6 is 0 Å². The Morgan fingerprint density at radius 2 is 1.65 bits per heavy atom. The van der Waals surface area contributed by atoms with Crippen molar-refractivity contribution in [2.75, 3.05) is 19.6 Å². The Bertz CT molecular complexity index is 1620. The number of hydrogen-bond donors (Lipinski definition) is 2. The van der Waals surface area contributed by atoms with E-state index in [-0.39, 0.29) is 0 Å². The molecule has 0 aromatic heterocycles. The molecule has 8 atom stereocenters. The molecule has 1 heterocycles. The average molecular weight is 641 g/mol. The maximum absolute atomic E-state index is 3.97. The number of allylic oxidation sites excluding steroid dienone is 10. The molecule has 1 saturated carbocycles. The van der Waals surface area contributed by atoms with Gasteiger partial charge in [-0.1, -0.05) is 109 Å². The third-order valence-electron chi connectivity index (χ3n) is 13.6. The quantitative estimate of drug-likeness (QED) is 0.219. The fourth-order valence-electron chi connectivity index (χ4n) is 11.0. The van der Waals surface area contributed by atoms with Gasteiger partial charge in [-0.05, 0) is 142 Å². The molecule has 1 aromatic rings. The molecule has 1 aliphatic heterocycles. The van der Waals surface area contributed by atoms with Gasteiger partial charge in [0.15, 0.2) is 0 Å². The second-order valence-corrected chi connectivity index (χ2v) is 16.3. The minimum Gasteiger partial charge on any atom is -0.316 e. The summed E-state index contributed by atoms with van der Waals surface area (Å²) in [6.07, 6.45) is 41.4. The van der Waals surface area contributed by atoms with Crippen LogP contribution in [0.1, 0.15) is 96.8 Å². The van der Waals surface area contributed by atoms with E-state index < -0.39 is 0 Å². The Morgan fingerprint density at radius 3 is 2.48 bits per heavy atom. The highest BCUT2D eigenvalue weighted by Gasteiger charge is 2.40. The van der Waals surface area contributed by atoms with Gasteiger partial charge in [-0.2, -0.15) is 0 Å². The smallest absolute Gasteiger partial charge is 0.0259 e. The highest BCUT2D eigenvalue weighted by molar-refractivity contribution is 5.70. The molecule has 6 aliphatic carbocycles. The van der Waals surface area contributed by atoms with Crippen LogP contribution in [0.4, 0.5) is 0 Å². The monoisotopic (exact) mass is 640 g/mol. The third kappa shape index (κ3) is 6.86. The van der Waals surface area contributed by atoms with Crippen LogP contribution in [0.5, 0.6) is 0 Å². The number of rotatable bonds is 8. The van der Waals surface area contributed by atoms with Crippen molar-refractivity contribution in [1.29, 1.82) is 0 Å². The van der Waals surface area contributed by atoms with Crippen LogP contribution in [-0.2, 0) is 0 Å². The molecular formula is C46H60N2. The van der Waals surface area contributed by atoms with Gasteiger partial charge in [0.1, 0.15) is 0 Å². The predicted molar refractivity (Wildman–Crippen MR) is 204 cm³/mol. The summed E-state index contributed by atoms with van der Waals surface area (Å²) in [7, 11) is 0. The highest BCUT2D eigenvalue weighted by Crippen LogP contribution is 2.50. The lowest BCUT2D eigenvalue weighted by Crippen LogP contribution is -2.40.